The Kier molecular flexibility index (Phi) is 22.3. The van der Waals surface area contributed by atoms with Crippen LogP contribution in [-0.4, -0.2) is 13.2 Å². The molecule has 12 heteroatoms. The molecule has 0 heterocycles. The molecule has 8 bridgehead atoms. The van der Waals surface area contributed by atoms with Crippen LogP contribution in [0.5, 0.6) is 11.5 Å². The van der Waals surface area contributed by atoms with Crippen molar-refractivity contribution in [3.63, 3.8) is 0 Å². The number of benzene rings is 5. The standard InChI is InChI=1S/C74H96O8P2.2Na/c1-3-5-7-9-11-13-15-17-19-21-23-25-27-33-39-79-83(75,76)81-73-69-65-47-67(63-45-59-55-41-53(57(59)43-61(63)65)49-35-29-31-37-51(49)55)71(69)74(82-84(77,78)80-40-34-28-26-24-22-20-18-16-14-12-10-8-6-4-2)72-68-48-66(70(72)73)62-44-58-54-42-56(60(58)46-64(62)68)52-38-32-30-36-50(52)54;;/h29-32,35-38,43-46,53-56,65-68H,3-28,33-34,39-42,47-48H2,1-2H3,(H,75,76)(H,77,78);;/q;2*+1/p-2/t53-,54+,55+,56-,65-,66+,67+,68-;;. The molecule has 5 aromatic carbocycles. The van der Waals surface area contributed by atoms with Crippen LogP contribution in [0.2, 0.25) is 0 Å². The fraction of sp³-hybridized carbons (Fsp3) is 0.595. The molecule has 0 radical (unpaired) electrons. The van der Waals surface area contributed by atoms with E-state index >= 15 is 0 Å². The van der Waals surface area contributed by atoms with Crippen molar-refractivity contribution in [2.24, 2.45) is 0 Å². The van der Waals surface area contributed by atoms with E-state index in [4.69, 9.17) is 18.1 Å². The molecule has 10 atom stereocenters. The molecule has 0 saturated carbocycles. The van der Waals surface area contributed by atoms with Gasteiger partial charge in [0.2, 0.25) is 0 Å². The summed E-state index contributed by atoms with van der Waals surface area (Å²) in [5.74, 6) is 1.17. The van der Waals surface area contributed by atoms with E-state index in [9.17, 15) is 18.9 Å². The van der Waals surface area contributed by atoms with Gasteiger partial charge in [-0.2, -0.15) is 0 Å². The summed E-state index contributed by atoms with van der Waals surface area (Å²) >= 11 is 0. The first-order chi connectivity index (χ1) is 41.1. The van der Waals surface area contributed by atoms with E-state index in [1.165, 1.54) is 195 Å². The number of phosphoric acid groups is 2. The zero-order valence-corrected chi connectivity index (χ0v) is 58.5. The predicted molar refractivity (Wildman–Crippen MR) is 334 cm³/mol. The predicted octanol–water partition coefficient (Wildman–Crippen LogP) is 14.3. The Morgan fingerprint density at radius 1 is 0.326 bits per heavy atom. The maximum atomic E-state index is 14.6. The minimum atomic E-state index is -4.92. The number of hydrogen-bond donors (Lipinski definition) is 0. The van der Waals surface area contributed by atoms with Crippen molar-refractivity contribution < 1.29 is 96.1 Å². The first-order valence-corrected chi connectivity index (χ1v) is 37.1. The van der Waals surface area contributed by atoms with Crippen LogP contribution in [-0.2, 0) is 18.2 Å². The zero-order valence-electron chi connectivity index (χ0n) is 52.7. The monoisotopic (exact) mass is 1220 g/mol. The summed E-state index contributed by atoms with van der Waals surface area (Å²) in [6.07, 6.45) is 37.4. The van der Waals surface area contributed by atoms with Gasteiger partial charge in [-0.15, -0.1) is 0 Å². The summed E-state index contributed by atoms with van der Waals surface area (Å²) in [5.41, 5.74) is 19.0. The summed E-state index contributed by atoms with van der Waals surface area (Å²) in [6, 6.07) is 27.5. The molecular weight excluding hydrogens is 1120 g/mol. The minimum absolute atomic E-state index is 0. The third-order valence-corrected chi connectivity index (χ3v) is 23.6. The summed E-state index contributed by atoms with van der Waals surface area (Å²) in [7, 11) is -9.85. The second kappa shape index (κ2) is 29.3. The van der Waals surface area contributed by atoms with Crippen molar-refractivity contribution in [1.82, 2.24) is 0 Å². The van der Waals surface area contributed by atoms with Crippen LogP contribution in [0.3, 0.4) is 0 Å². The van der Waals surface area contributed by atoms with Crippen molar-refractivity contribution in [2.45, 2.75) is 267 Å². The molecule has 0 aliphatic heterocycles. The van der Waals surface area contributed by atoms with Crippen LogP contribution in [0, 0.1) is 0 Å². The van der Waals surface area contributed by atoms with E-state index in [-0.39, 0.29) is 96.0 Å². The Balaban J connectivity index is 0.00000384. The van der Waals surface area contributed by atoms with Crippen LogP contribution in [0.4, 0.5) is 0 Å². The molecule has 8 aliphatic carbocycles. The fourth-order valence-corrected chi connectivity index (χ4v) is 19.5. The van der Waals surface area contributed by atoms with E-state index in [1.807, 2.05) is 0 Å². The molecule has 2 unspecified atom stereocenters. The van der Waals surface area contributed by atoms with Crippen LogP contribution in [0.1, 0.15) is 356 Å². The van der Waals surface area contributed by atoms with Gasteiger partial charge in [-0.1, -0.05) is 254 Å². The quantitative estimate of drug-likeness (QED) is 0.0221. The van der Waals surface area contributed by atoms with E-state index in [1.54, 1.807) is 0 Å². The van der Waals surface area contributed by atoms with Crippen molar-refractivity contribution in [1.29, 1.82) is 0 Å². The Bertz CT molecular complexity index is 2920. The molecule has 8 aliphatic rings. The molecule has 13 rings (SSSR count). The van der Waals surface area contributed by atoms with Gasteiger partial charge in [0.15, 0.2) is 0 Å². The molecule has 8 nitrogen and oxygen atoms in total. The zero-order chi connectivity index (χ0) is 57.4. The molecule has 0 saturated heterocycles. The smallest absolute Gasteiger partial charge is 0.746 e. The molecule has 5 aromatic rings. The van der Waals surface area contributed by atoms with Gasteiger partial charge < -0.3 is 27.9 Å². The van der Waals surface area contributed by atoms with E-state index < -0.39 is 15.6 Å². The normalized spacial score (nSPS) is 23.1. The van der Waals surface area contributed by atoms with E-state index in [2.05, 4.69) is 86.6 Å². The Labute approximate surface area is 560 Å². The minimum Gasteiger partial charge on any atom is -0.746 e. The average molecular weight is 1220 g/mol. The fourth-order valence-electron chi connectivity index (χ4n) is 17.9. The average Bonchev–Trinajstić information content (AvgIpc) is 1.50. The Morgan fingerprint density at radius 2 is 0.535 bits per heavy atom. The number of hydrogen-bond acceptors (Lipinski definition) is 8. The van der Waals surface area contributed by atoms with Crippen LogP contribution in [0.15, 0.2) is 72.8 Å². The molecule has 0 N–H and O–H groups in total. The molecular formula is C74H94Na2O8P2. The van der Waals surface area contributed by atoms with E-state index in [0.717, 1.165) is 73.6 Å². The second-order valence-electron chi connectivity index (χ2n) is 27.1. The third-order valence-electron chi connectivity index (χ3n) is 21.8. The number of fused-ring (bicyclic) bond motifs is 32. The first-order valence-electron chi connectivity index (χ1n) is 34.2. The molecule has 86 heavy (non-hydrogen) atoms. The SMILES string of the molecule is CCCCCCCCCCCCCCCCOP(=O)([O-])Oc1c2c(c(OP(=O)([O-])OCCCCCCCCCCCCCCCC)c3c1[C@H]1C[C@@H]3c3cc4c(cc31)[C@H]1C[C@@H]4c3ccccc31)[C@H]1C[C@@H]2c2cc3c(cc21)[C@H]1C[C@@H]3c2ccccc21.[Na+].[Na+]. The van der Waals surface area contributed by atoms with Gasteiger partial charge >= 0.3 is 74.8 Å². The van der Waals surface area contributed by atoms with Gasteiger partial charge in [-0.25, -0.2) is 0 Å². The summed E-state index contributed by atoms with van der Waals surface area (Å²) in [5, 5.41) is 0. The summed E-state index contributed by atoms with van der Waals surface area (Å²) in [6.45, 7) is 4.67. The van der Waals surface area contributed by atoms with Crippen molar-refractivity contribution in [2.75, 3.05) is 13.2 Å². The first kappa shape index (κ1) is 65.5. The van der Waals surface area contributed by atoms with Crippen molar-refractivity contribution >= 4 is 15.6 Å². The van der Waals surface area contributed by atoms with Gasteiger partial charge in [0.05, 0.1) is 13.2 Å². The Morgan fingerprint density at radius 3 is 0.779 bits per heavy atom. The summed E-state index contributed by atoms with van der Waals surface area (Å²) in [4.78, 5) is 29.2. The Hall–Kier alpha value is -2.00. The van der Waals surface area contributed by atoms with Crippen LogP contribution < -0.4 is 77.9 Å². The van der Waals surface area contributed by atoms with Crippen molar-refractivity contribution in [3.05, 3.63) is 162 Å². The second-order valence-corrected chi connectivity index (χ2v) is 29.8. The maximum Gasteiger partial charge on any atom is 1.00 e. The molecule has 0 fully saturated rings. The van der Waals surface area contributed by atoms with Gasteiger partial charge in [0.25, 0.3) is 0 Å². The largest absolute Gasteiger partial charge is 1.00 e. The topological polar surface area (TPSA) is 117 Å². The van der Waals surface area contributed by atoms with Crippen LogP contribution in [0.25, 0.3) is 0 Å². The van der Waals surface area contributed by atoms with E-state index in [0.29, 0.717) is 60.9 Å². The van der Waals surface area contributed by atoms with Gasteiger partial charge in [0, 0.05) is 69.6 Å². The van der Waals surface area contributed by atoms with Gasteiger partial charge in [0.1, 0.15) is 11.5 Å². The van der Waals surface area contributed by atoms with Crippen molar-refractivity contribution in [3.8, 4) is 11.5 Å². The molecule has 0 aromatic heterocycles. The molecule has 450 valence electrons. The van der Waals surface area contributed by atoms with Crippen LogP contribution >= 0.6 is 15.6 Å². The van der Waals surface area contributed by atoms with Gasteiger partial charge in [-0.05, 0) is 105 Å². The van der Waals surface area contributed by atoms with Gasteiger partial charge in [-0.3, -0.25) is 9.13 Å². The third kappa shape index (κ3) is 13.2. The molecule has 0 amide bonds. The number of rotatable bonds is 36. The number of phosphoric ester groups is 2. The maximum absolute atomic E-state index is 14.6. The molecule has 0 spiro atoms. The number of unbranched alkanes of at least 4 members (excludes halogenated alkanes) is 26. The summed E-state index contributed by atoms with van der Waals surface area (Å²) < 4.78 is 54.2.